The number of fused-ring (bicyclic) bond motifs is 1. The van der Waals surface area contributed by atoms with Crippen LogP contribution in [0.1, 0.15) is 16.8 Å². The molecule has 0 unspecified atom stereocenters. The van der Waals surface area contributed by atoms with Crippen molar-refractivity contribution in [3.05, 3.63) is 83.9 Å². The van der Waals surface area contributed by atoms with Crippen molar-refractivity contribution in [3.8, 4) is 17.2 Å². The molecule has 0 radical (unpaired) electrons. The SMILES string of the molecule is Cn1cc(-c2ccc(N3CCc4cnn(S(=O)(=O)c5cccc(C#N)c5)c4C3)cc2)cn1. The molecule has 4 aromatic rings. The second-order valence-corrected chi connectivity index (χ2v) is 9.49. The summed E-state index contributed by atoms with van der Waals surface area (Å²) < 4.78 is 29.4. The predicted molar refractivity (Wildman–Crippen MR) is 119 cm³/mol. The van der Waals surface area contributed by atoms with E-state index in [0.29, 0.717) is 24.2 Å². The van der Waals surface area contributed by atoms with E-state index in [0.717, 1.165) is 33.0 Å². The smallest absolute Gasteiger partial charge is 0.283 e. The molecule has 0 amide bonds. The van der Waals surface area contributed by atoms with Crippen LogP contribution in [0.3, 0.4) is 0 Å². The minimum Gasteiger partial charge on any atom is -0.365 e. The van der Waals surface area contributed by atoms with Gasteiger partial charge < -0.3 is 4.90 Å². The van der Waals surface area contributed by atoms with Crippen molar-refractivity contribution in [2.45, 2.75) is 17.9 Å². The van der Waals surface area contributed by atoms with Crippen molar-refractivity contribution >= 4 is 15.7 Å². The summed E-state index contributed by atoms with van der Waals surface area (Å²) in [5.41, 5.74) is 5.00. The monoisotopic (exact) mass is 444 g/mol. The fourth-order valence-corrected chi connectivity index (χ4v) is 5.33. The van der Waals surface area contributed by atoms with E-state index in [-0.39, 0.29) is 4.90 Å². The molecular formula is C23H20N6O2S. The molecule has 0 aliphatic carbocycles. The third kappa shape index (κ3) is 3.44. The van der Waals surface area contributed by atoms with E-state index in [1.807, 2.05) is 49.8 Å². The summed E-state index contributed by atoms with van der Waals surface area (Å²) in [5.74, 6) is 0. The minimum absolute atomic E-state index is 0.0559. The van der Waals surface area contributed by atoms with Crippen LogP contribution >= 0.6 is 0 Å². The number of anilines is 1. The Kier molecular flexibility index (Phi) is 4.79. The van der Waals surface area contributed by atoms with Crippen LogP contribution in [0.2, 0.25) is 0 Å². The van der Waals surface area contributed by atoms with Crippen LogP contribution < -0.4 is 4.90 Å². The summed E-state index contributed by atoms with van der Waals surface area (Å²) >= 11 is 0. The van der Waals surface area contributed by atoms with E-state index in [9.17, 15) is 8.42 Å². The Labute approximate surface area is 186 Å². The Balaban J connectivity index is 1.44. The largest absolute Gasteiger partial charge is 0.365 e. The van der Waals surface area contributed by atoms with Crippen molar-refractivity contribution in [3.63, 3.8) is 0 Å². The average Bonchev–Trinajstić information content (AvgIpc) is 3.45. The molecule has 1 aliphatic rings. The van der Waals surface area contributed by atoms with Crippen molar-refractivity contribution in [2.75, 3.05) is 11.4 Å². The number of benzene rings is 2. The first kappa shape index (κ1) is 20.0. The van der Waals surface area contributed by atoms with Crippen molar-refractivity contribution in [1.82, 2.24) is 19.0 Å². The average molecular weight is 445 g/mol. The maximum Gasteiger partial charge on any atom is 0.283 e. The number of nitrogens with zero attached hydrogens (tertiary/aromatic N) is 6. The van der Waals surface area contributed by atoms with Crippen molar-refractivity contribution in [2.24, 2.45) is 7.05 Å². The van der Waals surface area contributed by atoms with Crippen LogP contribution in [0.4, 0.5) is 5.69 Å². The molecule has 0 saturated carbocycles. The normalized spacial score (nSPS) is 13.6. The Morgan fingerprint density at radius 3 is 2.56 bits per heavy atom. The molecule has 32 heavy (non-hydrogen) atoms. The highest BCUT2D eigenvalue weighted by Crippen LogP contribution is 2.29. The molecule has 0 atom stereocenters. The minimum atomic E-state index is -3.90. The molecule has 9 heteroatoms. The summed E-state index contributed by atoms with van der Waals surface area (Å²) in [4.78, 5) is 2.20. The first-order chi connectivity index (χ1) is 15.5. The molecular weight excluding hydrogens is 424 g/mol. The van der Waals surface area contributed by atoms with Gasteiger partial charge in [-0.1, -0.05) is 18.2 Å². The molecule has 5 rings (SSSR count). The Hall–Kier alpha value is -3.90. The summed E-state index contributed by atoms with van der Waals surface area (Å²) in [7, 11) is -2.01. The Morgan fingerprint density at radius 1 is 1.03 bits per heavy atom. The van der Waals surface area contributed by atoms with Crippen LogP contribution in [0, 0.1) is 11.3 Å². The molecule has 1 aliphatic heterocycles. The maximum absolute atomic E-state index is 13.2. The van der Waals surface area contributed by atoms with Gasteiger partial charge in [-0.2, -0.15) is 28.0 Å². The summed E-state index contributed by atoms with van der Waals surface area (Å²) in [5, 5.41) is 17.5. The van der Waals surface area contributed by atoms with Crippen LogP contribution in [0.5, 0.6) is 0 Å². The highest BCUT2D eigenvalue weighted by atomic mass is 32.2. The molecule has 2 aromatic carbocycles. The van der Waals surface area contributed by atoms with Crippen LogP contribution in [-0.4, -0.2) is 33.9 Å². The zero-order valence-corrected chi connectivity index (χ0v) is 18.2. The van der Waals surface area contributed by atoms with Crippen molar-refractivity contribution in [1.29, 1.82) is 5.26 Å². The van der Waals surface area contributed by atoms with Gasteiger partial charge in [0.25, 0.3) is 10.0 Å². The number of nitriles is 1. The quantitative estimate of drug-likeness (QED) is 0.480. The molecule has 0 saturated heterocycles. The lowest BCUT2D eigenvalue weighted by Gasteiger charge is -2.29. The molecule has 0 bridgehead atoms. The standard InChI is InChI=1S/C23H20N6O2S/c1-27-15-20(14-25-27)18-5-7-21(8-6-18)28-10-9-19-13-26-29(23(19)16-28)32(30,31)22-4-2-3-17(11-22)12-24/h2-8,11,13-15H,9-10,16H2,1H3. The van der Waals surface area contributed by atoms with Gasteiger partial charge in [0, 0.05) is 31.0 Å². The number of aryl methyl sites for hydroxylation is 1. The van der Waals surface area contributed by atoms with Gasteiger partial charge in [0.1, 0.15) is 0 Å². The van der Waals surface area contributed by atoms with E-state index in [4.69, 9.17) is 5.26 Å². The molecule has 2 aromatic heterocycles. The topological polar surface area (TPSA) is 96.8 Å². The second-order valence-electron chi connectivity index (χ2n) is 7.73. The van der Waals surface area contributed by atoms with E-state index in [1.165, 1.54) is 12.1 Å². The Bertz CT molecular complexity index is 1440. The summed E-state index contributed by atoms with van der Waals surface area (Å²) in [6.45, 7) is 1.20. The molecule has 0 spiro atoms. The number of rotatable bonds is 4. The fraction of sp³-hybridized carbons (Fsp3) is 0.174. The van der Waals surface area contributed by atoms with Crippen LogP contribution in [0.25, 0.3) is 11.1 Å². The maximum atomic E-state index is 13.2. The van der Waals surface area contributed by atoms with E-state index in [1.54, 1.807) is 23.0 Å². The van der Waals surface area contributed by atoms with E-state index >= 15 is 0 Å². The first-order valence-corrected chi connectivity index (χ1v) is 11.6. The number of hydrogen-bond donors (Lipinski definition) is 0. The molecule has 3 heterocycles. The summed E-state index contributed by atoms with van der Waals surface area (Å²) in [6, 6.07) is 16.2. The lowest BCUT2D eigenvalue weighted by Crippen LogP contribution is -2.32. The summed E-state index contributed by atoms with van der Waals surface area (Å²) in [6.07, 6.45) is 6.12. The van der Waals surface area contributed by atoms with Gasteiger partial charge >= 0.3 is 0 Å². The van der Waals surface area contributed by atoms with Gasteiger partial charge in [-0.25, -0.2) is 0 Å². The highest BCUT2D eigenvalue weighted by Gasteiger charge is 2.28. The third-order valence-corrected chi connectivity index (χ3v) is 7.29. The number of hydrogen-bond acceptors (Lipinski definition) is 6. The van der Waals surface area contributed by atoms with Gasteiger partial charge in [0.05, 0.1) is 41.2 Å². The zero-order valence-electron chi connectivity index (χ0n) is 17.4. The second kappa shape index (κ2) is 7.66. The molecule has 160 valence electrons. The lowest BCUT2D eigenvalue weighted by molar-refractivity contribution is 0.573. The van der Waals surface area contributed by atoms with Gasteiger partial charge in [-0.15, -0.1) is 0 Å². The third-order valence-electron chi connectivity index (χ3n) is 5.67. The van der Waals surface area contributed by atoms with Gasteiger partial charge in [-0.3, -0.25) is 4.68 Å². The zero-order chi connectivity index (χ0) is 22.3. The predicted octanol–water partition coefficient (Wildman–Crippen LogP) is 2.95. The fourth-order valence-electron chi connectivity index (χ4n) is 3.96. The van der Waals surface area contributed by atoms with Gasteiger partial charge in [0.2, 0.25) is 0 Å². The van der Waals surface area contributed by atoms with E-state index < -0.39 is 10.0 Å². The van der Waals surface area contributed by atoms with Gasteiger partial charge in [0.15, 0.2) is 0 Å². The molecule has 0 fully saturated rings. The van der Waals surface area contributed by atoms with Crippen molar-refractivity contribution < 1.29 is 8.42 Å². The highest BCUT2D eigenvalue weighted by molar-refractivity contribution is 7.89. The lowest BCUT2D eigenvalue weighted by atomic mass is 10.1. The molecule has 0 N–H and O–H groups in total. The Morgan fingerprint density at radius 2 is 1.84 bits per heavy atom. The van der Waals surface area contributed by atoms with Gasteiger partial charge in [-0.05, 0) is 47.9 Å². The molecule has 8 nitrogen and oxygen atoms in total. The number of aromatic nitrogens is 4. The van der Waals surface area contributed by atoms with Crippen LogP contribution in [0.15, 0.2) is 72.0 Å². The first-order valence-electron chi connectivity index (χ1n) is 10.1. The van der Waals surface area contributed by atoms with Crippen LogP contribution in [-0.2, 0) is 30.0 Å². The van der Waals surface area contributed by atoms with E-state index in [2.05, 4.69) is 15.1 Å².